The Labute approximate surface area is 120 Å². The van der Waals surface area contributed by atoms with Gasteiger partial charge in [0.2, 0.25) is 5.91 Å². The highest BCUT2D eigenvalue weighted by Gasteiger charge is 2.01. The lowest BCUT2D eigenvalue weighted by Crippen LogP contribution is -2.26. The van der Waals surface area contributed by atoms with Crippen LogP contribution in [0.25, 0.3) is 0 Å². The van der Waals surface area contributed by atoms with Gasteiger partial charge >= 0.3 is 0 Å². The third-order valence-corrected chi connectivity index (χ3v) is 2.64. The Morgan fingerprint density at radius 3 is 2.90 bits per heavy atom. The van der Waals surface area contributed by atoms with Gasteiger partial charge in [-0.05, 0) is 31.0 Å². The van der Waals surface area contributed by atoms with Crippen molar-refractivity contribution in [2.45, 2.75) is 19.8 Å². The molecule has 1 rings (SSSR count). The van der Waals surface area contributed by atoms with Crippen LogP contribution >= 0.6 is 0 Å². The summed E-state index contributed by atoms with van der Waals surface area (Å²) in [5.74, 6) is 0.796. The van der Waals surface area contributed by atoms with E-state index in [1.807, 2.05) is 31.2 Å². The predicted octanol–water partition coefficient (Wildman–Crippen LogP) is 1.25. The van der Waals surface area contributed by atoms with Crippen LogP contribution in [-0.4, -0.2) is 38.8 Å². The number of nitrogens with one attached hydrogen (secondary N) is 1. The quantitative estimate of drug-likeness (QED) is 0.633. The maximum atomic E-state index is 11.5. The molecule has 0 saturated heterocycles. The number of hydrogen-bond donors (Lipinski definition) is 2. The van der Waals surface area contributed by atoms with Gasteiger partial charge in [-0.25, -0.2) is 0 Å². The highest BCUT2D eigenvalue weighted by atomic mass is 16.5. The Balaban J connectivity index is 2.03. The van der Waals surface area contributed by atoms with Crippen molar-refractivity contribution >= 4 is 5.91 Å². The summed E-state index contributed by atoms with van der Waals surface area (Å²) in [5, 5.41) is 2.83. The van der Waals surface area contributed by atoms with E-state index in [0.717, 1.165) is 17.7 Å². The second kappa shape index (κ2) is 10.2. The number of nitrogens with two attached hydrogens (primary N) is 1. The fourth-order valence-electron chi connectivity index (χ4n) is 1.64. The van der Waals surface area contributed by atoms with E-state index in [1.165, 1.54) is 0 Å². The van der Waals surface area contributed by atoms with Gasteiger partial charge in [0.15, 0.2) is 0 Å². The molecule has 1 aromatic rings. The van der Waals surface area contributed by atoms with Gasteiger partial charge in [0, 0.05) is 19.7 Å². The number of carbonyl (C=O) groups excluding carboxylic acids is 1. The van der Waals surface area contributed by atoms with Crippen LogP contribution in [-0.2, 0) is 9.53 Å². The first-order chi connectivity index (χ1) is 9.72. The van der Waals surface area contributed by atoms with E-state index < -0.39 is 0 Å². The highest BCUT2D eigenvalue weighted by Crippen LogP contribution is 2.12. The van der Waals surface area contributed by atoms with E-state index in [0.29, 0.717) is 39.3 Å². The van der Waals surface area contributed by atoms with E-state index in [-0.39, 0.29) is 5.91 Å². The average Bonchev–Trinajstić information content (AvgIpc) is 2.43. The Hall–Kier alpha value is -1.59. The van der Waals surface area contributed by atoms with Gasteiger partial charge in [0.05, 0.1) is 19.6 Å². The van der Waals surface area contributed by atoms with Gasteiger partial charge < -0.3 is 20.5 Å². The van der Waals surface area contributed by atoms with Crippen LogP contribution in [0.15, 0.2) is 24.3 Å². The van der Waals surface area contributed by atoms with E-state index in [2.05, 4.69) is 5.32 Å². The van der Waals surface area contributed by atoms with Gasteiger partial charge in [-0.3, -0.25) is 4.79 Å². The summed E-state index contributed by atoms with van der Waals surface area (Å²) in [6.07, 6.45) is 1.15. The third-order valence-electron chi connectivity index (χ3n) is 2.64. The zero-order valence-corrected chi connectivity index (χ0v) is 12.1. The Morgan fingerprint density at radius 1 is 1.30 bits per heavy atom. The molecular formula is C15H24N2O3. The van der Waals surface area contributed by atoms with Gasteiger partial charge in [0.1, 0.15) is 5.75 Å². The molecule has 1 aromatic carbocycles. The number of rotatable bonds is 10. The maximum absolute atomic E-state index is 11.5. The SMILES string of the molecule is Cc1cccc(OCCC(=O)NCCCOCCN)c1. The molecule has 0 aliphatic rings. The Morgan fingerprint density at radius 2 is 2.15 bits per heavy atom. The average molecular weight is 280 g/mol. The lowest BCUT2D eigenvalue weighted by Gasteiger charge is -2.08. The second-order valence-corrected chi connectivity index (χ2v) is 4.52. The van der Waals surface area contributed by atoms with Crippen LogP contribution in [0.1, 0.15) is 18.4 Å². The molecule has 20 heavy (non-hydrogen) atoms. The smallest absolute Gasteiger partial charge is 0.223 e. The minimum atomic E-state index is -0.00326. The molecule has 0 aliphatic heterocycles. The van der Waals surface area contributed by atoms with Gasteiger partial charge in [-0.15, -0.1) is 0 Å². The molecule has 0 radical (unpaired) electrons. The van der Waals surface area contributed by atoms with Crippen LogP contribution in [0.3, 0.4) is 0 Å². The Bertz CT molecular complexity index is 396. The molecule has 1 amide bonds. The lowest BCUT2D eigenvalue weighted by molar-refractivity contribution is -0.121. The van der Waals surface area contributed by atoms with Gasteiger partial charge in [0.25, 0.3) is 0 Å². The van der Waals surface area contributed by atoms with Crippen molar-refractivity contribution < 1.29 is 14.3 Å². The number of amides is 1. The van der Waals surface area contributed by atoms with Crippen molar-refractivity contribution in [2.75, 3.05) is 32.9 Å². The molecule has 3 N–H and O–H groups in total. The lowest BCUT2D eigenvalue weighted by atomic mass is 10.2. The largest absolute Gasteiger partial charge is 0.493 e. The van der Waals surface area contributed by atoms with Crippen LogP contribution in [0.2, 0.25) is 0 Å². The molecule has 0 aliphatic carbocycles. The molecule has 112 valence electrons. The van der Waals surface area contributed by atoms with Crippen molar-refractivity contribution in [3.63, 3.8) is 0 Å². The summed E-state index contributed by atoms with van der Waals surface area (Å²) in [4.78, 5) is 11.5. The highest BCUT2D eigenvalue weighted by molar-refractivity contribution is 5.75. The molecule has 0 unspecified atom stereocenters. The zero-order valence-electron chi connectivity index (χ0n) is 12.1. The fraction of sp³-hybridized carbons (Fsp3) is 0.533. The number of hydrogen-bond acceptors (Lipinski definition) is 4. The predicted molar refractivity (Wildman–Crippen MR) is 78.8 cm³/mol. The van der Waals surface area contributed by atoms with E-state index in [1.54, 1.807) is 0 Å². The minimum absolute atomic E-state index is 0.00326. The standard InChI is InChI=1S/C15H24N2O3/c1-13-4-2-5-14(12-13)20-10-6-15(18)17-8-3-9-19-11-7-16/h2,4-5,12H,3,6-11,16H2,1H3,(H,17,18). The first-order valence-corrected chi connectivity index (χ1v) is 6.96. The molecular weight excluding hydrogens is 256 g/mol. The van der Waals surface area contributed by atoms with Crippen molar-refractivity contribution in [2.24, 2.45) is 5.73 Å². The summed E-state index contributed by atoms with van der Waals surface area (Å²) >= 11 is 0. The molecule has 0 atom stereocenters. The van der Waals surface area contributed by atoms with E-state index in [9.17, 15) is 4.79 Å². The Kier molecular flexibility index (Phi) is 8.42. The fourth-order valence-corrected chi connectivity index (χ4v) is 1.64. The zero-order chi connectivity index (χ0) is 14.6. The van der Waals surface area contributed by atoms with Crippen molar-refractivity contribution in [3.05, 3.63) is 29.8 Å². The monoisotopic (exact) mass is 280 g/mol. The van der Waals surface area contributed by atoms with Crippen LogP contribution in [0.4, 0.5) is 0 Å². The van der Waals surface area contributed by atoms with Gasteiger partial charge in [-0.2, -0.15) is 0 Å². The van der Waals surface area contributed by atoms with Crippen LogP contribution < -0.4 is 15.8 Å². The minimum Gasteiger partial charge on any atom is -0.493 e. The summed E-state index contributed by atoms with van der Waals surface area (Å²) in [6, 6.07) is 7.78. The van der Waals surface area contributed by atoms with Crippen molar-refractivity contribution in [3.8, 4) is 5.75 Å². The van der Waals surface area contributed by atoms with Gasteiger partial charge in [-0.1, -0.05) is 12.1 Å². The molecule has 5 nitrogen and oxygen atoms in total. The van der Waals surface area contributed by atoms with E-state index in [4.69, 9.17) is 15.2 Å². The molecule has 5 heteroatoms. The van der Waals surface area contributed by atoms with Crippen molar-refractivity contribution in [1.82, 2.24) is 5.32 Å². The molecule has 0 heterocycles. The van der Waals surface area contributed by atoms with Crippen LogP contribution in [0, 0.1) is 6.92 Å². The number of benzene rings is 1. The summed E-state index contributed by atoms with van der Waals surface area (Å²) in [7, 11) is 0. The summed E-state index contributed by atoms with van der Waals surface area (Å²) in [5.41, 5.74) is 6.44. The molecule has 0 fully saturated rings. The molecule has 0 bridgehead atoms. The van der Waals surface area contributed by atoms with Crippen molar-refractivity contribution in [1.29, 1.82) is 0 Å². The number of carbonyl (C=O) groups is 1. The first kappa shape index (κ1) is 16.5. The number of ether oxygens (including phenoxy) is 2. The topological polar surface area (TPSA) is 73.6 Å². The normalized spacial score (nSPS) is 10.3. The van der Waals surface area contributed by atoms with E-state index >= 15 is 0 Å². The summed E-state index contributed by atoms with van der Waals surface area (Å²) < 4.78 is 10.7. The third kappa shape index (κ3) is 7.76. The molecule has 0 spiro atoms. The summed E-state index contributed by atoms with van der Waals surface area (Å²) in [6.45, 7) is 4.73. The maximum Gasteiger partial charge on any atom is 0.223 e. The van der Waals surface area contributed by atoms with Crippen LogP contribution in [0.5, 0.6) is 5.75 Å². The molecule has 0 saturated carbocycles. The second-order valence-electron chi connectivity index (χ2n) is 4.52. The molecule has 0 aromatic heterocycles. The first-order valence-electron chi connectivity index (χ1n) is 6.96. The number of aryl methyl sites for hydroxylation is 1.